The van der Waals surface area contributed by atoms with Gasteiger partial charge in [0.05, 0.1) is 14.2 Å². The number of anilines is 2. The van der Waals surface area contributed by atoms with Crippen molar-refractivity contribution in [2.24, 2.45) is 0 Å². The first kappa shape index (κ1) is 51.1. The van der Waals surface area contributed by atoms with Gasteiger partial charge in [-0.05, 0) is 127 Å². The molecule has 0 radical (unpaired) electrons. The van der Waals surface area contributed by atoms with Gasteiger partial charge in [-0.2, -0.15) is 31.6 Å². The normalized spacial score (nSPS) is 15.9. The Balaban J connectivity index is 1.81. The summed E-state index contributed by atoms with van der Waals surface area (Å²) in [6.45, 7) is 18.7. The van der Waals surface area contributed by atoms with E-state index in [1.807, 2.05) is 97.1 Å². The van der Waals surface area contributed by atoms with E-state index >= 15 is 0 Å². The molecule has 0 atom stereocenters. The fraction of sp³-hybridized carbons (Fsp3) is 0.286. The standard InChI is InChI=1S/C56H54N8O5/c1-11-63(12-2)43-21-15-38(51(29-43)65-9)17-23-45-27-40(28-46(67-45)24-18-39-16-22-44(30-52(39)66-10)64(13-3)14-4)37(19-25-49-47(35-61)53(41(31-57)32-58)68-55(49,5)6)20-26-50-48(36-62)54(42(33-59)34-60)69-56(50,7)8/h15-30H,11-14H2,1-10H3/b23-17+,24-18+,25-19+,26-20+. The maximum Gasteiger partial charge on any atom is 0.172 e. The van der Waals surface area contributed by atoms with Crippen molar-refractivity contribution in [2.45, 2.75) is 66.6 Å². The molecule has 3 aliphatic rings. The van der Waals surface area contributed by atoms with Crippen LogP contribution in [0.2, 0.25) is 0 Å². The van der Waals surface area contributed by atoms with Gasteiger partial charge < -0.3 is 33.5 Å². The van der Waals surface area contributed by atoms with Crippen LogP contribution in [0.1, 0.15) is 66.5 Å². The first-order valence-corrected chi connectivity index (χ1v) is 22.4. The molecule has 0 aliphatic carbocycles. The highest BCUT2D eigenvalue weighted by molar-refractivity contribution is 5.69. The summed E-state index contributed by atoms with van der Waals surface area (Å²) in [5, 5.41) is 59.7. The molecule has 5 rings (SSSR count). The van der Waals surface area contributed by atoms with Crippen LogP contribution in [0.4, 0.5) is 11.4 Å². The molecule has 2 aromatic rings. The van der Waals surface area contributed by atoms with Crippen LogP contribution >= 0.6 is 0 Å². The molecule has 0 aromatic heterocycles. The molecular weight excluding hydrogens is 865 g/mol. The highest BCUT2D eigenvalue weighted by atomic mass is 16.5. The zero-order valence-corrected chi connectivity index (χ0v) is 40.7. The summed E-state index contributed by atoms with van der Waals surface area (Å²) in [6.07, 6.45) is 18.1. The molecule has 0 spiro atoms. The van der Waals surface area contributed by atoms with E-state index in [-0.39, 0.29) is 33.8 Å². The highest BCUT2D eigenvalue weighted by Crippen LogP contribution is 2.42. The predicted molar refractivity (Wildman–Crippen MR) is 266 cm³/mol. The van der Waals surface area contributed by atoms with Crippen molar-refractivity contribution in [3.8, 4) is 47.9 Å². The Hall–Kier alpha value is -8.88. The molecule has 0 fully saturated rings. The Morgan fingerprint density at radius 1 is 0.565 bits per heavy atom. The van der Waals surface area contributed by atoms with Crippen LogP contribution in [-0.2, 0) is 14.2 Å². The van der Waals surface area contributed by atoms with Crippen LogP contribution in [0.5, 0.6) is 11.5 Å². The number of hydrogen-bond donors (Lipinski definition) is 0. The van der Waals surface area contributed by atoms with E-state index in [1.54, 1.807) is 66.2 Å². The van der Waals surface area contributed by atoms with Gasteiger partial charge in [0, 0.05) is 72.0 Å². The molecule has 0 saturated heterocycles. The van der Waals surface area contributed by atoms with E-state index in [4.69, 9.17) is 23.7 Å². The van der Waals surface area contributed by atoms with E-state index in [9.17, 15) is 31.6 Å². The predicted octanol–water partition coefficient (Wildman–Crippen LogP) is 11.2. The Labute approximate surface area is 405 Å². The number of methoxy groups -OCH3 is 2. The van der Waals surface area contributed by atoms with Gasteiger partial charge in [-0.15, -0.1) is 0 Å². The molecule has 3 heterocycles. The second-order valence-corrected chi connectivity index (χ2v) is 16.5. The minimum atomic E-state index is -1.12. The van der Waals surface area contributed by atoms with Crippen molar-refractivity contribution in [3.05, 3.63) is 164 Å². The Morgan fingerprint density at radius 2 is 0.942 bits per heavy atom. The van der Waals surface area contributed by atoms with Gasteiger partial charge in [0.25, 0.3) is 0 Å². The van der Waals surface area contributed by atoms with Crippen molar-refractivity contribution in [2.75, 3.05) is 50.2 Å². The van der Waals surface area contributed by atoms with E-state index in [0.29, 0.717) is 45.3 Å². The van der Waals surface area contributed by atoms with Crippen LogP contribution in [0.15, 0.2) is 153 Å². The van der Waals surface area contributed by atoms with E-state index in [1.165, 1.54) is 0 Å². The second-order valence-electron chi connectivity index (χ2n) is 16.5. The molecule has 0 bridgehead atoms. The third-order valence-corrected chi connectivity index (χ3v) is 11.7. The first-order valence-electron chi connectivity index (χ1n) is 22.4. The monoisotopic (exact) mass is 918 g/mol. The van der Waals surface area contributed by atoms with E-state index < -0.39 is 11.2 Å². The summed E-state index contributed by atoms with van der Waals surface area (Å²) in [6, 6.07) is 23.7. The van der Waals surface area contributed by atoms with Gasteiger partial charge in [-0.3, -0.25) is 0 Å². The molecule has 348 valence electrons. The number of nitriles is 6. The van der Waals surface area contributed by atoms with E-state index in [2.05, 4.69) is 49.6 Å². The molecule has 13 heteroatoms. The summed E-state index contributed by atoms with van der Waals surface area (Å²) in [5.41, 5.74) is 2.83. The molecule has 69 heavy (non-hydrogen) atoms. The Bertz CT molecular complexity index is 2770. The second kappa shape index (κ2) is 22.5. The number of ether oxygens (including phenoxy) is 5. The van der Waals surface area contributed by atoms with Gasteiger partial charge >= 0.3 is 0 Å². The summed E-state index contributed by atoms with van der Waals surface area (Å²) in [5.74, 6) is 2.02. The SMILES string of the molecule is CCN(CC)c1ccc(/C=C/C2=CC(=C(/C=C/C3=C(C#N)C(=C(C#N)C#N)OC3(C)C)/C=C/C3=C(C#N)C(=C(C#N)C#N)OC3(C)C)C=C(/C=C/c3ccc(N(CC)CC)cc3OC)O2)c(OC)c1. The smallest absolute Gasteiger partial charge is 0.172 e. The molecule has 0 N–H and O–H groups in total. The third kappa shape index (κ3) is 11.2. The topological polar surface area (TPSA) is 195 Å². The van der Waals surface area contributed by atoms with Crippen molar-refractivity contribution in [1.29, 1.82) is 31.6 Å². The minimum absolute atomic E-state index is 0.0324. The average Bonchev–Trinajstić information content (AvgIpc) is 3.77. The lowest BCUT2D eigenvalue weighted by Gasteiger charge is -2.22. The number of nitrogens with zero attached hydrogens (tertiary/aromatic N) is 8. The van der Waals surface area contributed by atoms with Crippen LogP contribution < -0.4 is 19.3 Å². The number of allylic oxidation sites excluding steroid dienone is 12. The zero-order valence-electron chi connectivity index (χ0n) is 40.7. The van der Waals surface area contributed by atoms with Crippen molar-refractivity contribution in [3.63, 3.8) is 0 Å². The van der Waals surface area contributed by atoms with Gasteiger partial charge in [-0.1, -0.05) is 24.3 Å². The van der Waals surface area contributed by atoms with Crippen LogP contribution in [-0.4, -0.2) is 51.6 Å². The molecule has 3 aliphatic heterocycles. The number of benzene rings is 2. The summed E-state index contributed by atoms with van der Waals surface area (Å²) in [7, 11) is 3.26. The van der Waals surface area contributed by atoms with Crippen LogP contribution in [0, 0.1) is 68.0 Å². The third-order valence-electron chi connectivity index (χ3n) is 11.7. The average molecular weight is 919 g/mol. The molecule has 13 nitrogen and oxygen atoms in total. The maximum absolute atomic E-state index is 10.4. The van der Waals surface area contributed by atoms with Crippen LogP contribution in [0.25, 0.3) is 12.2 Å². The lowest BCUT2D eigenvalue weighted by Crippen LogP contribution is -2.21. The van der Waals surface area contributed by atoms with Crippen molar-refractivity contribution < 1.29 is 23.7 Å². The maximum atomic E-state index is 10.4. The summed E-state index contributed by atoms with van der Waals surface area (Å²) >= 11 is 0. The highest BCUT2D eigenvalue weighted by Gasteiger charge is 2.40. The minimum Gasteiger partial charge on any atom is -0.496 e. The molecule has 0 amide bonds. The van der Waals surface area contributed by atoms with Crippen LogP contribution in [0.3, 0.4) is 0 Å². The first-order chi connectivity index (χ1) is 33.1. The molecule has 0 saturated carbocycles. The van der Waals surface area contributed by atoms with Crippen molar-refractivity contribution in [1.82, 2.24) is 0 Å². The number of rotatable bonds is 16. The molecular formula is C56H54N8O5. The van der Waals surface area contributed by atoms with Gasteiger partial charge in [0.15, 0.2) is 22.7 Å². The quantitative estimate of drug-likeness (QED) is 0.144. The van der Waals surface area contributed by atoms with E-state index in [0.717, 1.165) is 48.7 Å². The zero-order chi connectivity index (χ0) is 50.5. The van der Waals surface area contributed by atoms with Crippen molar-refractivity contribution >= 4 is 23.5 Å². The fourth-order valence-electron chi connectivity index (χ4n) is 8.02. The number of hydrogen-bond acceptors (Lipinski definition) is 13. The largest absolute Gasteiger partial charge is 0.496 e. The van der Waals surface area contributed by atoms with Gasteiger partial charge in [0.1, 0.15) is 81.8 Å². The summed E-state index contributed by atoms with van der Waals surface area (Å²) < 4.78 is 30.4. The summed E-state index contributed by atoms with van der Waals surface area (Å²) in [4.78, 5) is 4.46. The lowest BCUT2D eigenvalue weighted by molar-refractivity contribution is 0.0950. The Kier molecular flexibility index (Phi) is 16.7. The van der Waals surface area contributed by atoms with Gasteiger partial charge in [-0.25, -0.2) is 0 Å². The van der Waals surface area contributed by atoms with Gasteiger partial charge in [0.2, 0.25) is 0 Å². The lowest BCUT2D eigenvalue weighted by atomic mass is 9.91. The Morgan fingerprint density at radius 3 is 1.26 bits per heavy atom. The molecule has 2 aromatic carbocycles. The molecule has 0 unspecified atom stereocenters. The fourth-order valence-corrected chi connectivity index (χ4v) is 8.02.